The van der Waals surface area contributed by atoms with Crippen LogP contribution in [0.5, 0.6) is 0 Å². The highest BCUT2D eigenvalue weighted by Gasteiger charge is 2.72. The number of carboxylic acid groups (broad SMARTS) is 1. The molecule has 5 aliphatic carbocycles. The lowest BCUT2D eigenvalue weighted by molar-refractivity contribution is -0.378. The van der Waals surface area contributed by atoms with Crippen LogP contribution in [0.15, 0.2) is 12.2 Å². The summed E-state index contributed by atoms with van der Waals surface area (Å²) >= 11 is 0. The van der Waals surface area contributed by atoms with E-state index in [9.17, 15) is 45.6 Å². The second kappa shape index (κ2) is 14.5. The van der Waals surface area contributed by atoms with Gasteiger partial charge < -0.3 is 59.8 Å². The lowest BCUT2D eigenvalue weighted by Crippen LogP contribution is -2.68. The van der Waals surface area contributed by atoms with Crippen molar-refractivity contribution in [1.29, 1.82) is 0 Å². The van der Waals surface area contributed by atoms with Crippen molar-refractivity contribution in [3.8, 4) is 0 Å². The summed E-state index contributed by atoms with van der Waals surface area (Å²) in [4.78, 5) is 13.1. The van der Waals surface area contributed by atoms with E-state index in [-0.39, 0.29) is 45.5 Å². The lowest BCUT2D eigenvalue weighted by Gasteiger charge is -2.73. The van der Waals surface area contributed by atoms with Crippen LogP contribution in [-0.4, -0.2) is 128 Å². The third kappa shape index (κ3) is 6.06. The fourth-order valence-corrected chi connectivity index (χ4v) is 14.5. The summed E-state index contributed by atoms with van der Waals surface area (Å²) in [5.41, 5.74) is 0.0431. The number of fused-ring (bicyclic) bond motifs is 7. The number of rotatable bonds is 8. The molecule has 2 heterocycles. The fourth-order valence-electron chi connectivity index (χ4n) is 14.5. The molecule has 2 aliphatic heterocycles. The Kier molecular flexibility index (Phi) is 11.0. The standard InChI is InChI=1S/C42H68O13/c1-20(2)21-10-15-42(37(50)51)17-16-40(6)22(28(21)42)8-9-26-39(5)13-12-27(38(3,4)25(39)11-14-41(26,40)7)54-36-34(32(48)30(46)24(19-44)53-36)55-35-33(49)31(47)29(45)23(18-43)52-35/h21-36,43-49H,1,8-19H2,2-7H3,(H,50,51). The molecule has 20 unspecified atom stereocenters. The first-order valence-electron chi connectivity index (χ1n) is 20.9. The van der Waals surface area contributed by atoms with E-state index in [1.807, 2.05) is 0 Å². The second-order valence-corrected chi connectivity index (χ2v) is 20.1. The molecule has 2 saturated heterocycles. The molecule has 7 rings (SSSR count). The normalized spacial score (nSPS) is 54.7. The Bertz CT molecular complexity index is 1460. The smallest absolute Gasteiger partial charge is 0.309 e. The Morgan fingerprint density at radius 2 is 1.33 bits per heavy atom. The number of ether oxygens (including phenoxy) is 4. The molecule has 0 aromatic heterocycles. The SMILES string of the molecule is C=C(C)C1CCC2(C(=O)O)CCC3(C)C(CCC4C5(C)CCC(OC6OC(CO)C(O)C(O)C6OC6OC(CO)C(O)C(O)C6O)C(C)(C)C5CCC43C)C12. The number of aliphatic hydroxyl groups is 7. The fraction of sp³-hybridized carbons (Fsp3) is 0.929. The lowest BCUT2D eigenvalue weighted by atomic mass is 9.32. The van der Waals surface area contributed by atoms with Crippen LogP contribution in [0.2, 0.25) is 0 Å². The van der Waals surface area contributed by atoms with Crippen LogP contribution in [0.3, 0.4) is 0 Å². The van der Waals surface area contributed by atoms with E-state index in [4.69, 9.17) is 18.9 Å². The monoisotopic (exact) mass is 780 g/mol. The van der Waals surface area contributed by atoms with Gasteiger partial charge in [0.15, 0.2) is 12.6 Å². The average Bonchev–Trinajstić information content (AvgIpc) is 3.54. The molecule has 0 aromatic rings. The van der Waals surface area contributed by atoms with Crippen molar-refractivity contribution in [2.75, 3.05) is 13.2 Å². The molecule has 8 N–H and O–H groups in total. The first-order valence-corrected chi connectivity index (χ1v) is 20.9. The van der Waals surface area contributed by atoms with Gasteiger partial charge in [0.2, 0.25) is 0 Å². The molecule has 7 fully saturated rings. The Balaban J connectivity index is 1.13. The number of carbonyl (C=O) groups is 1. The molecule has 0 bridgehead atoms. The Morgan fingerprint density at radius 3 is 1.95 bits per heavy atom. The summed E-state index contributed by atoms with van der Waals surface area (Å²) in [6.07, 6.45) is -6.53. The summed E-state index contributed by atoms with van der Waals surface area (Å²) in [6.45, 7) is 17.1. The van der Waals surface area contributed by atoms with E-state index in [1.165, 1.54) is 0 Å². The maximum absolute atomic E-state index is 13.1. The molecule has 0 spiro atoms. The van der Waals surface area contributed by atoms with Gasteiger partial charge in [-0.15, -0.1) is 0 Å². The molecular formula is C42H68O13. The predicted octanol–water partition coefficient (Wildman–Crippen LogP) is 2.74. The van der Waals surface area contributed by atoms with Crippen molar-refractivity contribution in [2.24, 2.45) is 56.7 Å². The molecule has 55 heavy (non-hydrogen) atoms. The minimum Gasteiger partial charge on any atom is -0.481 e. The minimum absolute atomic E-state index is 0.00969. The molecule has 13 nitrogen and oxygen atoms in total. The molecular weight excluding hydrogens is 712 g/mol. The molecule has 5 saturated carbocycles. The number of aliphatic carboxylic acids is 1. The third-order valence-electron chi connectivity index (χ3n) is 17.7. The van der Waals surface area contributed by atoms with Crippen molar-refractivity contribution < 1.29 is 64.6 Å². The van der Waals surface area contributed by atoms with E-state index in [0.717, 1.165) is 63.4 Å². The van der Waals surface area contributed by atoms with E-state index in [2.05, 4.69) is 48.1 Å². The van der Waals surface area contributed by atoms with Crippen LogP contribution in [0, 0.1) is 56.7 Å². The summed E-state index contributed by atoms with van der Waals surface area (Å²) in [5, 5.41) is 84.1. The van der Waals surface area contributed by atoms with Crippen LogP contribution in [0.1, 0.15) is 106 Å². The predicted molar refractivity (Wildman–Crippen MR) is 198 cm³/mol. The summed E-state index contributed by atoms with van der Waals surface area (Å²) in [6, 6.07) is 0. The Labute approximate surface area is 325 Å². The molecule has 7 aliphatic rings. The van der Waals surface area contributed by atoms with Gasteiger partial charge in [-0.05, 0) is 122 Å². The van der Waals surface area contributed by atoms with Gasteiger partial charge in [0.1, 0.15) is 48.8 Å². The molecule has 0 radical (unpaired) electrons. The van der Waals surface area contributed by atoms with Crippen LogP contribution >= 0.6 is 0 Å². The number of allylic oxidation sites excluding steroid dienone is 1. The number of hydrogen-bond donors (Lipinski definition) is 8. The van der Waals surface area contributed by atoms with Crippen LogP contribution in [-0.2, 0) is 23.7 Å². The molecule has 314 valence electrons. The summed E-state index contributed by atoms with van der Waals surface area (Å²) in [7, 11) is 0. The van der Waals surface area contributed by atoms with E-state index < -0.39 is 86.0 Å². The topological polar surface area (TPSA) is 216 Å². The highest BCUT2D eigenvalue weighted by molar-refractivity contribution is 5.76. The first-order chi connectivity index (χ1) is 25.7. The summed E-state index contributed by atoms with van der Waals surface area (Å²) < 4.78 is 24.4. The van der Waals surface area contributed by atoms with Crippen LogP contribution in [0.25, 0.3) is 0 Å². The summed E-state index contributed by atoms with van der Waals surface area (Å²) in [5.74, 6) is 0.717. The van der Waals surface area contributed by atoms with Gasteiger partial charge in [-0.25, -0.2) is 0 Å². The van der Waals surface area contributed by atoms with Crippen molar-refractivity contribution in [3.63, 3.8) is 0 Å². The molecule has 0 aromatic carbocycles. The Hall–Kier alpha value is -1.23. The van der Waals surface area contributed by atoms with Crippen molar-refractivity contribution in [1.82, 2.24) is 0 Å². The van der Waals surface area contributed by atoms with Crippen LogP contribution < -0.4 is 0 Å². The van der Waals surface area contributed by atoms with Gasteiger partial charge >= 0.3 is 5.97 Å². The maximum atomic E-state index is 13.1. The molecule has 13 heteroatoms. The minimum atomic E-state index is -1.75. The van der Waals surface area contributed by atoms with E-state index in [0.29, 0.717) is 18.3 Å². The third-order valence-corrected chi connectivity index (χ3v) is 17.7. The zero-order valence-electron chi connectivity index (χ0n) is 33.5. The Morgan fingerprint density at radius 1 is 0.691 bits per heavy atom. The molecule has 20 atom stereocenters. The van der Waals surface area contributed by atoms with Crippen molar-refractivity contribution in [3.05, 3.63) is 12.2 Å². The number of carboxylic acids is 1. The van der Waals surface area contributed by atoms with Gasteiger partial charge in [0, 0.05) is 0 Å². The van der Waals surface area contributed by atoms with Crippen molar-refractivity contribution in [2.45, 2.75) is 173 Å². The van der Waals surface area contributed by atoms with Gasteiger partial charge in [-0.2, -0.15) is 0 Å². The first kappa shape index (κ1) is 41.9. The zero-order valence-corrected chi connectivity index (χ0v) is 33.5. The van der Waals surface area contributed by atoms with Gasteiger partial charge in [0.05, 0.1) is 24.7 Å². The van der Waals surface area contributed by atoms with Gasteiger partial charge in [0.25, 0.3) is 0 Å². The highest BCUT2D eigenvalue weighted by atomic mass is 16.8. The van der Waals surface area contributed by atoms with Crippen molar-refractivity contribution >= 4 is 5.97 Å². The van der Waals surface area contributed by atoms with Gasteiger partial charge in [-0.3, -0.25) is 4.79 Å². The van der Waals surface area contributed by atoms with E-state index in [1.54, 1.807) is 0 Å². The zero-order chi connectivity index (χ0) is 40.2. The highest BCUT2D eigenvalue weighted by Crippen LogP contribution is 2.77. The van der Waals surface area contributed by atoms with Gasteiger partial charge in [-0.1, -0.05) is 46.8 Å². The van der Waals surface area contributed by atoms with Crippen LogP contribution in [0.4, 0.5) is 0 Å². The largest absolute Gasteiger partial charge is 0.481 e. The number of hydrogen-bond acceptors (Lipinski definition) is 12. The van der Waals surface area contributed by atoms with E-state index >= 15 is 0 Å². The number of aliphatic hydroxyl groups excluding tert-OH is 7. The maximum Gasteiger partial charge on any atom is 0.309 e. The quantitative estimate of drug-likeness (QED) is 0.132. The average molecular weight is 781 g/mol. The second-order valence-electron chi connectivity index (χ2n) is 20.1. The molecule has 0 amide bonds.